The van der Waals surface area contributed by atoms with Crippen LogP contribution in [0, 0.1) is 0 Å². The molecule has 5 rings (SSSR count). The van der Waals surface area contributed by atoms with Crippen molar-refractivity contribution in [2.24, 2.45) is 0 Å². The van der Waals surface area contributed by atoms with E-state index >= 15 is 0 Å². The number of hydrogen-bond acceptors (Lipinski definition) is 9. The van der Waals surface area contributed by atoms with E-state index in [1.54, 1.807) is 26.9 Å². The van der Waals surface area contributed by atoms with Crippen molar-refractivity contribution >= 4 is 35.3 Å². The maximum Gasteiger partial charge on any atom is 0.410 e. The minimum Gasteiger partial charge on any atom is -0.444 e. The Labute approximate surface area is 249 Å². The molecule has 4 aromatic rings. The number of carbonyl (C=O) groups is 2. The third kappa shape index (κ3) is 6.71. The molecule has 2 amide bonds. The SMILES string of the molecule is CSc1ncc2c(n1)N(C)CCN(c1cccc(-n3cc(CN(Cc4ccccc4)C(=O)OC(C)(C)C)nn3)c1)C2=O. The van der Waals surface area contributed by atoms with Gasteiger partial charge in [-0.15, -0.1) is 5.10 Å². The molecule has 0 spiro atoms. The average molecular weight is 587 g/mol. The fourth-order valence-corrected chi connectivity index (χ4v) is 4.89. The molecule has 11 nitrogen and oxygen atoms in total. The van der Waals surface area contributed by atoms with Gasteiger partial charge in [-0.2, -0.15) is 0 Å². The first-order valence-electron chi connectivity index (χ1n) is 13.6. The minimum atomic E-state index is -0.631. The van der Waals surface area contributed by atoms with Gasteiger partial charge in [0.15, 0.2) is 5.16 Å². The molecule has 0 unspecified atom stereocenters. The highest BCUT2D eigenvalue weighted by Crippen LogP contribution is 2.28. The number of amides is 2. The predicted molar refractivity (Wildman–Crippen MR) is 162 cm³/mol. The molecular weight excluding hydrogens is 552 g/mol. The highest BCUT2D eigenvalue weighted by Gasteiger charge is 2.28. The van der Waals surface area contributed by atoms with Crippen LogP contribution >= 0.6 is 11.8 Å². The van der Waals surface area contributed by atoms with Gasteiger partial charge in [-0.05, 0) is 50.8 Å². The number of hydrogen-bond donors (Lipinski definition) is 0. The summed E-state index contributed by atoms with van der Waals surface area (Å²) in [5.74, 6) is 0.469. The zero-order chi connectivity index (χ0) is 29.9. The monoisotopic (exact) mass is 586 g/mol. The third-order valence-corrected chi connectivity index (χ3v) is 7.15. The van der Waals surface area contributed by atoms with Crippen LogP contribution in [0.5, 0.6) is 0 Å². The molecular formula is C30H34N8O3S. The molecule has 0 N–H and O–H groups in total. The Kier molecular flexibility index (Phi) is 8.44. The van der Waals surface area contributed by atoms with Crippen LogP contribution in [-0.2, 0) is 17.8 Å². The number of rotatable bonds is 7. The van der Waals surface area contributed by atoms with Gasteiger partial charge in [0.2, 0.25) is 0 Å². The molecule has 0 saturated carbocycles. The summed E-state index contributed by atoms with van der Waals surface area (Å²) in [6.45, 7) is 7.21. The van der Waals surface area contributed by atoms with Crippen LogP contribution < -0.4 is 9.80 Å². The zero-order valence-corrected chi connectivity index (χ0v) is 25.2. The highest BCUT2D eigenvalue weighted by atomic mass is 32.2. The van der Waals surface area contributed by atoms with Crippen LogP contribution in [0.15, 0.2) is 72.1 Å². The van der Waals surface area contributed by atoms with Crippen LogP contribution in [0.3, 0.4) is 0 Å². The maximum atomic E-state index is 13.6. The lowest BCUT2D eigenvalue weighted by molar-refractivity contribution is 0.0214. The largest absolute Gasteiger partial charge is 0.444 e. The molecule has 12 heteroatoms. The molecule has 0 atom stereocenters. The van der Waals surface area contributed by atoms with Gasteiger partial charge in [-0.3, -0.25) is 9.69 Å². The summed E-state index contributed by atoms with van der Waals surface area (Å²) in [5, 5.41) is 9.29. The Hall–Kier alpha value is -4.45. The second kappa shape index (κ2) is 12.2. The average Bonchev–Trinajstić information content (AvgIpc) is 3.40. The highest BCUT2D eigenvalue weighted by molar-refractivity contribution is 7.98. The lowest BCUT2D eigenvalue weighted by Gasteiger charge is -2.27. The topological polar surface area (TPSA) is 110 Å². The number of carbonyl (C=O) groups excluding carboxylic acids is 2. The molecule has 2 aromatic carbocycles. The second-order valence-corrected chi connectivity index (χ2v) is 11.7. The first kappa shape index (κ1) is 29.1. The number of aromatic nitrogens is 5. The van der Waals surface area contributed by atoms with Crippen molar-refractivity contribution in [1.29, 1.82) is 0 Å². The van der Waals surface area contributed by atoms with Crippen LogP contribution in [0.25, 0.3) is 5.69 Å². The van der Waals surface area contributed by atoms with Gasteiger partial charge < -0.3 is 14.5 Å². The van der Waals surface area contributed by atoms with E-state index in [0.717, 1.165) is 16.9 Å². The van der Waals surface area contributed by atoms with Gasteiger partial charge in [-0.1, -0.05) is 53.4 Å². The van der Waals surface area contributed by atoms with Gasteiger partial charge in [0.25, 0.3) is 5.91 Å². The Balaban J connectivity index is 1.37. The van der Waals surface area contributed by atoms with Crippen molar-refractivity contribution in [3.63, 3.8) is 0 Å². The van der Waals surface area contributed by atoms with E-state index in [1.807, 2.05) is 93.6 Å². The molecule has 218 valence electrons. The summed E-state index contributed by atoms with van der Waals surface area (Å²) < 4.78 is 7.31. The van der Waals surface area contributed by atoms with E-state index < -0.39 is 11.7 Å². The molecule has 0 bridgehead atoms. The molecule has 1 aliphatic heterocycles. The number of nitrogens with zero attached hydrogens (tertiary/aromatic N) is 8. The summed E-state index contributed by atoms with van der Waals surface area (Å²) in [5.41, 5.74) is 2.87. The van der Waals surface area contributed by atoms with Crippen molar-refractivity contribution in [3.8, 4) is 5.69 Å². The lowest BCUT2D eigenvalue weighted by atomic mass is 10.2. The van der Waals surface area contributed by atoms with Gasteiger partial charge in [-0.25, -0.2) is 19.4 Å². The van der Waals surface area contributed by atoms with E-state index in [1.165, 1.54) is 11.8 Å². The number of ether oxygens (including phenoxy) is 1. The zero-order valence-electron chi connectivity index (χ0n) is 24.4. The van der Waals surface area contributed by atoms with E-state index in [2.05, 4.69) is 20.3 Å². The van der Waals surface area contributed by atoms with Crippen molar-refractivity contribution in [2.75, 3.05) is 36.2 Å². The number of fused-ring (bicyclic) bond motifs is 1. The summed E-state index contributed by atoms with van der Waals surface area (Å²) in [6, 6.07) is 17.3. The Morgan fingerprint density at radius 1 is 1.05 bits per heavy atom. The van der Waals surface area contributed by atoms with Crippen LogP contribution in [-0.4, -0.2) is 73.9 Å². The van der Waals surface area contributed by atoms with Crippen molar-refractivity contribution < 1.29 is 14.3 Å². The van der Waals surface area contributed by atoms with Crippen molar-refractivity contribution in [1.82, 2.24) is 29.9 Å². The Morgan fingerprint density at radius 3 is 2.55 bits per heavy atom. The minimum absolute atomic E-state index is 0.160. The fraction of sp³-hybridized carbons (Fsp3) is 0.333. The van der Waals surface area contributed by atoms with Gasteiger partial charge in [0, 0.05) is 38.6 Å². The van der Waals surface area contributed by atoms with Crippen LogP contribution in [0.4, 0.5) is 16.3 Å². The van der Waals surface area contributed by atoms with Gasteiger partial charge >= 0.3 is 6.09 Å². The number of thioether (sulfide) groups is 1. The molecule has 1 aliphatic rings. The summed E-state index contributed by atoms with van der Waals surface area (Å²) >= 11 is 1.44. The molecule has 0 radical (unpaired) electrons. The second-order valence-electron chi connectivity index (χ2n) is 11.0. The quantitative estimate of drug-likeness (QED) is 0.223. The summed E-state index contributed by atoms with van der Waals surface area (Å²) in [4.78, 5) is 40.9. The first-order chi connectivity index (χ1) is 20.1. The number of anilines is 2. The van der Waals surface area contributed by atoms with Crippen LogP contribution in [0.1, 0.15) is 42.4 Å². The van der Waals surface area contributed by atoms with Crippen LogP contribution in [0.2, 0.25) is 0 Å². The standard InChI is InChI=1S/C30H34N8O3S/c1-30(2,3)41-29(40)36(18-21-10-7-6-8-11-21)19-22-20-38(34-33-22)24-13-9-12-23(16-24)37-15-14-35(4)26-25(27(37)39)17-31-28(32-26)42-5/h6-13,16-17,20H,14-15,18-19H2,1-5H3. The van der Waals surface area contributed by atoms with E-state index in [-0.39, 0.29) is 12.5 Å². The van der Waals surface area contributed by atoms with Crippen molar-refractivity contribution in [2.45, 2.75) is 44.6 Å². The normalized spacial score (nSPS) is 13.5. The summed E-state index contributed by atoms with van der Waals surface area (Å²) in [7, 11) is 1.93. The predicted octanol–water partition coefficient (Wildman–Crippen LogP) is 4.81. The van der Waals surface area contributed by atoms with E-state index in [9.17, 15) is 9.59 Å². The van der Waals surface area contributed by atoms with E-state index in [4.69, 9.17) is 4.74 Å². The van der Waals surface area contributed by atoms with Gasteiger partial charge in [0.1, 0.15) is 22.7 Å². The molecule has 0 saturated heterocycles. The molecule has 0 aliphatic carbocycles. The number of benzene rings is 2. The summed E-state index contributed by atoms with van der Waals surface area (Å²) in [6.07, 6.45) is 4.87. The fourth-order valence-electron chi connectivity index (χ4n) is 4.56. The lowest BCUT2D eigenvalue weighted by Crippen LogP contribution is -2.36. The smallest absolute Gasteiger partial charge is 0.410 e. The first-order valence-corrected chi connectivity index (χ1v) is 14.8. The van der Waals surface area contributed by atoms with Gasteiger partial charge in [0.05, 0.1) is 18.4 Å². The Morgan fingerprint density at radius 2 is 1.81 bits per heavy atom. The molecule has 42 heavy (non-hydrogen) atoms. The van der Waals surface area contributed by atoms with E-state index in [0.29, 0.717) is 41.9 Å². The Bertz CT molecular complexity index is 1570. The third-order valence-electron chi connectivity index (χ3n) is 6.59. The van der Waals surface area contributed by atoms with Crippen molar-refractivity contribution in [3.05, 3.63) is 83.8 Å². The molecule has 3 heterocycles. The molecule has 0 fully saturated rings. The maximum absolute atomic E-state index is 13.6. The number of likely N-dealkylation sites (N-methyl/N-ethyl adjacent to an activating group) is 1. The molecule has 2 aromatic heterocycles.